The highest BCUT2D eigenvalue weighted by Gasteiger charge is 2.18. The summed E-state index contributed by atoms with van der Waals surface area (Å²) in [5.41, 5.74) is 2.77. The highest BCUT2D eigenvalue weighted by molar-refractivity contribution is 6.35. The van der Waals surface area contributed by atoms with E-state index < -0.39 is 0 Å². The van der Waals surface area contributed by atoms with E-state index in [1.807, 2.05) is 43.3 Å². The molecule has 0 saturated heterocycles. The summed E-state index contributed by atoms with van der Waals surface area (Å²) in [6.45, 7) is 2.05. The van der Waals surface area contributed by atoms with E-state index in [1.54, 1.807) is 30.3 Å². The Bertz CT molecular complexity index is 1210. The van der Waals surface area contributed by atoms with E-state index in [4.69, 9.17) is 32.4 Å². The van der Waals surface area contributed by atoms with Crippen LogP contribution in [0.2, 0.25) is 10.0 Å². The summed E-state index contributed by atoms with van der Waals surface area (Å²) in [6.07, 6.45) is 0. The summed E-state index contributed by atoms with van der Waals surface area (Å²) in [5, 5.41) is 1.51. The largest absolute Gasteiger partial charge is 0.481 e. The van der Waals surface area contributed by atoms with Gasteiger partial charge >= 0.3 is 0 Å². The van der Waals surface area contributed by atoms with Crippen LogP contribution in [0.15, 0.2) is 75.9 Å². The van der Waals surface area contributed by atoms with Gasteiger partial charge in [0.2, 0.25) is 11.2 Å². The Morgan fingerprint density at radius 1 is 0.964 bits per heavy atom. The van der Waals surface area contributed by atoms with Crippen molar-refractivity contribution in [1.29, 1.82) is 0 Å². The zero-order chi connectivity index (χ0) is 19.7. The molecule has 28 heavy (non-hydrogen) atoms. The van der Waals surface area contributed by atoms with Crippen LogP contribution >= 0.6 is 23.2 Å². The van der Waals surface area contributed by atoms with Crippen molar-refractivity contribution < 1.29 is 9.15 Å². The first kappa shape index (κ1) is 18.6. The van der Waals surface area contributed by atoms with Crippen LogP contribution in [0.5, 0.6) is 5.75 Å². The molecule has 0 aliphatic heterocycles. The topological polar surface area (TPSA) is 39.4 Å². The molecule has 4 rings (SSSR count). The molecule has 0 N–H and O–H groups in total. The van der Waals surface area contributed by atoms with E-state index in [9.17, 15) is 4.79 Å². The number of hydrogen-bond donors (Lipinski definition) is 0. The second-order valence-corrected chi connectivity index (χ2v) is 7.32. The van der Waals surface area contributed by atoms with Crippen molar-refractivity contribution in [2.24, 2.45) is 0 Å². The minimum atomic E-state index is -0.214. The maximum atomic E-state index is 13.2. The van der Waals surface area contributed by atoms with Gasteiger partial charge < -0.3 is 9.15 Å². The third kappa shape index (κ3) is 3.64. The normalized spacial score (nSPS) is 11.0. The first-order valence-electron chi connectivity index (χ1n) is 8.72. The van der Waals surface area contributed by atoms with Gasteiger partial charge in [0.15, 0.2) is 5.76 Å². The summed E-state index contributed by atoms with van der Waals surface area (Å²) in [7, 11) is 0. The van der Waals surface area contributed by atoms with Crippen molar-refractivity contribution >= 4 is 34.2 Å². The lowest BCUT2D eigenvalue weighted by molar-refractivity contribution is 0.298. The van der Waals surface area contributed by atoms with E-state index in [2.05, 4.69) is 0 Å². The number of halogens is 2. The first-order chi connectivity index (χ1) is 13.5. The van der Waals surface area contributed by atoms with E-state index in [1.165, 1.54) is 0 Å². The van der Waals surface area contributed by atoms with Gasteiger partial charge in [-0.1, -0.05) is 71.2 Å². The highest BCUT2D eigenvalue weighted by Crippen LogP contribution is 2.32. The van der Waals surface area contributed by atoms with Crippen LogP contribution < -0.4 is 10.2 Å². The van der Waals surface area contributed by atoms with Crippen LogP contribution in [0.3, 0.4) is 0 Å². The number of rotatable bonds is 4. The van der Waals surface area contributed by atoms with Gasteiger partial charge in [0.05, 0.1) is 5.39 Å². The molecule has 0 spiro atoms. The standard InChI is InChI=1S/C23H16Cl2O3/c1-14-7-10-20-18(11-14)21(26)23(22(28-20)15-5-3-2-4-6-15)27-13-16-8-9-17(24)12-19(16)25/h2-12H,13H2,1H3. The molecular weight excluding hydrogens is 395 g/mol. The monoisotopic (exact) mass is 410 g/mol. The number of fused-ring (bicyclic) bond motifs is 1. The Labute approximate surface area is 172 Å². The fourth-order valence-electron chi connectivity index (χ4n) is 2.99. The highest BCUT2D eigenvalue weighted by atomic mass is 35.5. The number of ether oxygens (including phenoxy) is 1. The third-order valence-electron chi connectivity index (χ3n) is 4.43. The molecule has 3 nitrogen and oxygen atoms in total. The summed E-state index contributed by atoms with van der Waals surface area (Å²) in [5.74, 6) is 0.558. The van der Waals surface area contributed by atoms with Gasteiger partial charge in [-0.15, -0.1) is 0 Å². The number of hydrogen-bond acceptors (Lipinski definition) is 3. The van der Waals surface area contributed by atoms with Crippen LogP contribution in [0.25, 0.3) is 22.3 Å². The lowest BCUT2D eigenvalue weighted by Gasteiger charge is -2.13. The van der Waals surface area contributed by atoms with Crippen LogP contribution in [0, 0.1) is 6.92 Å². The number of aryl methyl sites for hydroxylation is 1. The molecule has 0 saturated carbocycles. The lowest BCUT2D eigenvalue weighted by atomic mass is 10.1. The third-order valence-corrected chi connectivity index (χ3v) is 5.01. The molecule has 4 aromatic rings. The van der Waals surface area contributed by atoms with Gasteiger partial charge in [0, 0.05) is 21.2 Å². The summed E-state index contributed by atoms with van der Waals surface area (Å²) < 4.78 is 12.0. The molecule has 0 radical (unpaired) electrons. The summed E-state index contributed by atoms with van der Waals surface area (Å²) in [6, 6.07) is 20.1. The van der Waals surface area contributed by atoms with Crippen LogP contribution in [-0.2, 0) is 6.61 Å². The summed E-state index contributed by atoms with van der Waals surface area (Å²) >= 11 is 12.2. The second-order valence-electron chi connectivity index (χ2n) is 6.48. The molecule has 1 aromatic heterocycles. The van der Waals surface area contributed by atoms with E-state index in [0.29, 0.717) is 26.8 Å². The maximum Gasteiger partial charge on any atom is 0.235 e. The van der Waals surface area contributed by atoms with Gasteiger partial charge in [0.25, 0.3) is 0 Å². The Morgan fingerprint density at radius 3 is 2.50 bits per heavy atom. The van der Waals surface area contributed by atoms with Gasteiger partial charge in [-0.2, -0.15) is 0 Å². The lowest BCUT2D eigenvalue weighted by Crippen LogP contribution is -2.10. The predicted molar refractivity (Wildman–Crippen MR) is 113 cm³/mol. The second kappa shape index (κ2) is 7.70. The van der Waals surface area contributed by atoms with E-state index >= 15 is 0 Å². The van der Waals surface area contributed by atoms with Crippen molar-refractivity contribution in [3.8, 4) is 17.1 Å². The summed E-state index contributed by atoms with van der Waals surface area (Å²) in [4.78, 5) is 13.2. The SMILES string of the molecule is Cc1ccc2oc(-c3ccccc3)c(OCc3ccc(Cl)cc3Cl)c(=O)c2c1. The Hall–Kier alpha value is -2.75. The van der Waals surface area contributed by atoms with Crippen molar-refractivity contribution in [3.05, 3.63) is 98.1 Å². The smallest absolute Gasteiger partial charge is 0.235 e. The minimum absolute atomic E-state index is 0.123. The molecule has 0 unspecified atom stereocenters. The minimum Gasteiger partial charge on any atom is -0.481 e. The zero-order valence-corrected chi connectivity index (χ0v) is 16.6. The van der Waals surface area contributed by atoms with Gasteiger partial charge in [-0.05, 0) is 31.2 Å². The molecule has 0 atom stereocenters. The van der Waals surface area contributed by atoms with Gasteiger partial charge in [0.1, 0.15) is 12.2 Å². The van der Waals surface area contributed by atoms with Gasteiger partial charge in [-0.25, -0.2) is 0 Å². The quantitative estimate of drug-likeness (QED) is 0.377. The maximum absolute atomic E-state index is 13.2. The fourth-order valence-corrected chi connectivity index (χ4v) is 3.45. The number of benzene rings is 3. The zero-order valence-electron chi connectivity index (χ0n) is 15.0. The Balaban J connectivity index is 1.84. The van der Waals surface area contributed by atoms with E-state index in [-0.39, 0.29) is 17.8 Å². The van der Waals surface area contributed by atoms with Crippen molar-refractivity contribution in [3.63, 3.8) is 0 Å². The average Bonchev–Trinajstić information content (AvgIpc) is 2.69. The Morgan fingerprint density at radius 2 is 1.75 bits per heavy atom. The first-order valence-corrected chi connectivity index (χ1v) is 9.48. The molecular formula is C23H16Cl2O3. The van der Waals surface area contributed by atoms with E-state index in [0.717, 1.165) is 16.7 Å². The molecule has 0 aliphatic carbocycles. The molecule has 0 fully saturated rings. The molecule has 140 valence electrons. The molecule has 0 amide bonds. The van der Waals surface area contributed by atoms with Crippen molar-refractivity contribution in [2.45, 2.75) is 13.5 Å². The molecule has 0 aliphatic rings. The van der Waals surface area contributed by atoms with Crippen molar-refractivity contribution in [2.75, 3.05) is 0 Å². The van der Waals surface area contributed by atoms with Gasteiger partial charge in [-0.3, -0.25) is 4.79 Å². The Kier molecular flexibility index (Phi) is 5.12. The molecule has 3 aromatic carbocycles. The molecule has 1 heterocycles. The molecule has 5 heteroatoms. The fraction of sp³-hybridized carbons (Fsp3) is 0.0870. The average molecular weight is 411 g/mol. The van der Waals surface area contributed by atoms with Crippen molar-refractivity contribution in [1.82, 2.24) is 0 Å². The van der Waals surface area contributed by atoms with Crippen LogP contribution in [0.1, 0.15) is 11.1 Å². The van der Waals surface area contributed by atoms with Crippen LogP contribution in [-0.4, -0.2) is 0 Å². The predicted octanol–water partition coefficient (Wildman–Crippen LogP) is 6.65. The molecule has 0 bridgehead atoms. The van der Waals surface area contributed by atoms with Crippen LogP contribution in [0.4, 0.5) is 0 Å².